The van der Waals surface area contributed by atoms with Gasteiger partial charge in [-0.1, -0.05) is 18.2 Å². The minimum atomic E-state index is -0.478. The fourth-order valence-electron chi connectivity index (χ4n) is 5.24. The number of aromatic nitrogens is 2. The van der Waals surface area contributed by atoms with Crippen molar-refractivity contribution < 1.29 is 9.59 Å². The third-order valence-corrected chi connectivity index (χ3v) is 7.05. The SMILES string of the molecule is CC(=O)NC(=O)c1ccc(N2CCC(N3CCC(c4cc5ccccc5c(=O)[nH]4)C3)CC2)cn1. The Kier molecular flexibility index (Phi) is 6.15. The first-order chi connectivity index (χ1) is 16.5. The van der Waals surface area contributed by atoms with Gasteiger partial charge < -0.3 is 9.88 Å². The summed E-state index contributed by atoms with van der Waals surface area (Å²) in [4.78, 5) is 47.7. The van der Waals surface area contributed by atoms with Gasteiger partial charge in [0.15, 0.2) is 0 Å². The summed E-state index contributed by atoms with van der Waals surface area (Å²) in [5.41, 5.74) is 2.27. The predicted octanol–water partition coefficient (Wildman–Crippen LogP) is 2.66. The van der Waals surface area contributed by atoms with E-state index in [9.17, 15) is 14.4 Å². The molecule has 3 aromatic rings. The normalized spacial score (nSPS) is 19.4. The lowest BCUT2D eigenvalue weighted by atomic mass is 10.0. The van der Waals surface area contributed by atoms with Crippen LogP contribution in [0.4, 0.5) is 5.69 Å². The number of nitrogens with zero attached hydrogens (tertiary/aromatic N) is 3. The van der Waals surface area contributed by atoms with Gasteiger partial charge in [0.05, 0.1) is 11.9 Å². The number of pyridine rings is 2. The predicted molar refractivity (Wildman–Crippen MR) is 131 cm³/mol. The number of amides is 2. The Morgan fingerprint density at radius 1 is 1.06 bits per heavy atom. The van der Waals surface area contributed by atoms with Gasteiger partial charge in [0.25, 0.3) is 11.5 Å². The van der Waals surface area contributed by atoms with E-state index in [4.69, 9.17) is 0 Å². The van der Waals surface area contributed by atoms with Crippen molar-refractivity contribution >= 4 is 28.3 Å². The molecule has 0 spiro atoms. The van der Waals surface area contributed by atoms with Gasteiger partial charge in [-0.2, -0.15) is 0 Å². The maximum atomic E-state index is 12.5. The van der Waals surface area contributed by atoms with Crippen LogP contribution in [0.15, 0.2) is 53.5 Å². The van der Waals surface area contributed by atoms with Crippen LogP contribution in [0.3, 0.4) is 0 Å². The molecule has 2 aliphatic rings. The number of carbonyl (C=O) groups is 2. The first-order valence-electron chi connectivity index (χ1n) is 11.9. The number of fused-ring (bicyclic) bond motifs is 1. The summed E-state index contributed by atoms with van der Waals surface area (Å²) in [6.07, 6.45) is 4.89. The van der Waals surface area contributed by atoms with Crippen LogP contribution in [0.5, 0.6) is 0 Å². The summed E-state index contributed by atoms with van der Waals surface area (Å²) < 4.78 is 0. The summed E-state index contributed by atoms with van der Waals surface area (Å²) in [5.74, 6) is -0.517. The molecule has 0 bridgehead atoms. The maximum absolute atomic E-state index is 12.5. The number of aromatic amines is 1. The summed E-state index contributed by atoms with van der Waals surface area (Å²) in [5, 5.41) is 3.99. The molecule has 2 saturated heterocycles. The molecule has 8 heteroatoms. The fourth-order valence-corrected chi connectivity index (χ4v) is 5.24. The number of benzene rings is 1. The number of piperidine rings is 1. The van der Waals surface area contributed by atoms with E-state index in [2.05, 4.69) is 31.2 Å². The Morgan fingerprint density at radius 3 is 2.59 bits per heavy atom. The second kappa shape index (κ2) is 9.38. The average molecular weight is 460 g/mol. The van der Waals surface area contributed by atoms with Gasteiger partial charge >= 0.3 is 0 Å². The molecule has 4 heterocycles. The van der Waals surface area contributed by atoms with E-state index in [0.29, 0.717) is 12.0 Å². The van der Waals surface area contributed by atoms with Crippen molar-refractivity contribution in [3.05, 3.63) is 70.4 Å². The Hall–Kier alpha value is -3.52. The molecular formula is C26H29N5O3. The molecule has 2 amide bonds. The summed E-state index contributed by atoms with van der Waals surface area (Å²) in [6, 6.07) is 14.0. The summed E-state index contributed by atoms with van der Waals surface area (Å²) >= 11 is 0. The molecule has 0 radical (unpaired) electrons. The first-order valence-corrected chi connectivity index (χ1v) is 11.9. The molecule has 2 N–H and O–H groups in total. The highest BCUT2D eigenvalue weighted by atomic mass is 16.2. The molecule has 2 aromatic heterocycles. The third kappa shape index (κ3) is 4.59. The fraction of sp³-hybridized carbons (Fsp3) is 0.385. The van der Waals surface area contributed by atoms with Gasteiger partial charge in [0.2, 0.25) is 5.91 Å². The van der Waals surface area contributed by atoms with Gasteiger partial charge in [-0.3, -0.25) is 24.6 Å². The number of rotatable bonds is 4. The quantitative estimate of drug-likeness (QED) is 0.623. The standard InChI is InChI=1S/C26H29N5O3/c1-17(32)28-26(34)23-7-6-21(15-27-23)30-12-9-20(10-13-30)31-11-8-19(16-31)24-14-18-4-2-3-5-22(18)25(33)29-24/h2-7,14-15,19-20H,8-13,16H2,1H3,(H,29,33)(H,28,32,34). The minimum Gasteiger partial charge on any atom is -0.370 e. The number of imide groups is 1. The van der Waals surface area contributed by atoms with Crippen LogP contribution in [0.2, 0.25) is 0 Å². The van der Waals surface area contributed by atoms with Gasteiger partial charge in [0.1, 0.15) is 5.69 Å². The second-order valence-corrected chi connectivity index (χ2v) is 9.25. The van der Waals surface area contributed by atoms with Gasteiger partial charge in [0, 0.05) is 49.6 Å². The van der Waals surface area contributed by atoms with Gasteiger partial charge in [-0.05, 0) is 55.5 Å². The lowest BCUT2D eigenvalue weighted by molar-refractivity contribution is -0.118. The molecule has 2 fully saturated rings. The number of H-pyrrole nitrogens is 1. The highest BCUT2D eigenvalue weighted by molar-refractivity contribution is 6.02. The largest absolute Gasteiger partial charge is 0.370 e. The van der Waals surface area contributed by atoms with E-state index in [-0.39, 0.29) is 11.3 Å². The number of likely N-dealkylation sites (tertiary alicyclic amines) is 1. The molecule has 0 aliphatic carbocycles. The lowest BCUT2D eigenvalue weighted by Gasteiger charge is -2.37. The highest BCUT2D eigenvalue weighted by Gasteiger charge is 2.32. The summed E-state index contributed by atoms with van der Waals surface area (Å²) in [7, 11) is 0. The number of anilines is 1. The molecule has 1 aromatic carbocycles. The van der Waals surface area contributed by atoms with E-state index in [1.165, 1.54) is 6.92 Å². The van der Waals surface area contributed by atoms with Crippen molar-refractivity contribution in [3.63, 3.8) is 0 Å². The molecule has 5 rings (SSSR count). The average Bonchev–Trinajstić information content (AvgIpc) is 3.34. The van der Waals surface area contributed by atoms with Crippen LogP contribution >= 0.6 is 0 Å². The van der Waals surface area contributed by atoms with E-state index in [1.807, 2.05) is 30.3 Å². The van der Waals surface area contributed by atoms with E-state index in [0.717, 1.165) is 67.6 Å². The molecule has 1 atom stereocenters. The second-order valence-electron chi connectivity index (χ2n) is 9.25. The lowest BCUT2D eigenvalue weighted by Crippen LogP contribution is -2.44. The zero-order valence-corrected chi connectivity index (χ0v) is 19.3. The molecule has 34 heavy (non-hydrogen) atoms. The van der Waals surface area contributed by atoms with Crippen LogP contribution in [-0.4, -0.2) is 58.9 Å². The zero-order chi connectivity index (χ0) is 23.7. The Bertz CT molecular complexity index is 1260. The van der Waals surface area contributed by atoms with Gasteiger partial charge in [-0.25, -0.2) is 4.98 Å². The van der Waals surface area contributed by atoms with Crippen molar-refractivity contribution in [3.8, 4) is 0 Å². The van der Waals surface area contributed by atoms with Crippen LogP contribution in [-0.2, 0) is 4.79 Å². The first kappa shape index (κ1) is 22.3. The number of hydrogen-bond donors (Lipinski definition) is 2. The van der Waals surface area contributed by atoms with Crippen molar-refractivity contribution in [1.82, 2.24) is 20.2 Å². The minimum absolute atomic E-state index is 0.00161. The van der Waals surface area contributed by atoms with E-state index in [1.54, 1.807) is 12.3 Å². The van der Waals surface area contributed by atoms with Crippen LogP contribution in [0.25, 0.3) is 10.8 Å². The zero-order valence-electron chi connectivity index (χ0n) is 19.3. The highest BCUT2D eigenvalue weighted by Crippen LogP contribution is 2.31. The Balaban J connectivity index is 1.18. The monoisotopic (exact) mass is 459 g/mol. The number of carbonyl (C=O) groups excluding carboxylic acids is 2. The van der Waals surface area contributed by atoms with Crippen molar-refractivity contribution in [1.29, 1.82) is 0 Å². The van der Waals surface area contributed by atoms with Crippen molar-refractivity contribution in [2.45, 2.75) is 38.1 Å². The Morgan fingerprint density at radius 2 is 1.85 bits per heavy atom. The van der Waals surface area contributed by atoms with E-state index >= 15 is 0 Å². The van der Waals surface area contributed by atoms with Gasteiger partial charge in [-0.15, -0.1) is 0 Å². The molecular weight excluding hydrogens is 430 g/mol. The molecule has 2 aliphatic heterocycles. The van der Waals surface area contributed by atoms with Crippen LogP contribution in [0.1, 0.15) is 48.3 Å². The third-order valence-electron chi connectivity index (χ3n) is 7.05. The van der Waals surface area contributed by atoms with Crippen LogP contribution in [0, 0.1) is 0 Å². The number of nitrogens with one attached hydrogen (secondary N) is 2. The van der Waals surface area contributed by atoms with Crippen LogP contribution < -0.4 is 15.8 Å². The molecule has 8 nitrogen and oxygen atoms in total. The molecule has 176 valence electrons. The summed E-state index contributed by atoms with van der Waals surface area (Å²) in [6.45, 7) is 5.19. The Labute approximate surface area is 198 Å². The smallest absolute Gasteiger partial charge is 0.276 e. The maximum Gasteiger partial charge on any atom is 0.276 e. The van der Waals surface area contributed by atoms with E-state index < -0.39 is 11.8 Å². The van der Waals surface area contributed by atoms with Crippen molar-refractivity contribution in [2.75, 3.05) is 31.1 Å². The molecule has 0 saturated carbocycles. The van der Waals surface area contributed by atoms with Crippen molar-refractivity contribution in [2.24, 2.45) is 0 Å². The topological polar surface area (TPSA) is 98.4 Å². The number of hydrogen-bond acceptors (Lipinski definition) is 6. The molecule has 1 unspecified atom stereocenters.